The average molecular weight is 345 g/mol. The van der Waals surface area contributed by atoms with Gasteiger partial charge < -0.3 is 9.47 Å². The van der Waals surface area contributed by atoms with Crippen molar-refractivity contribution in [3.63, 3.8) is 0 Å². The summed E-state index contributed by atoms with van der Waals surface area (Å²) in [6.45, 7) is 7.66. The van der Waals surface area contributed by atoms with Crippen LogP contribution in [0.1, 0.15) is 38.0 Å². The van der Waals surface area contributed by atoms with Crippen LogP contribution in [0.2, 0.25) is 0 Å². The molecule has 0 aromatic carbocycles. The molecule has 2 aromatic rings. The Hall–Kier alpha value is -1.89. The summed E-state index contributed by atoms with van der Waals surface area (Å²) in [6, 6.07) is 6.00. The maximum absolute atomic E-state index is 12.6. The summed E-state index contributed by atoms with van der Waals surface area (Å²) in [5.41, 5.74) is 0. The summed E-state index contributed by atoms with van der Waals surface area (Å²) in [5, 5.41) is 9.34. The van der Waals surface area contributed by atoms with E-state index in [9.17, 15) is 4.79 Å². The molecule has 0 aliphatic carbocycles. The quantitative estimate of drug-likeness (QED) is 0.780. The van der Waals surface area contributed by atoms with E-state index in [4.69, 9.17) is 0 Å². The lowest BCUT2D eigenvalue weighted by atomic mass is 10.0. The Morgan fingerprint density at radius 3 is 2.92 bits per heavy atom. The van der Waals surface area contributed by atoms with Gasteiger partial charge in [-0.05, 0) is 31.4 Å². The maximum atomic E-state index is 12.6. The van der Waals surface area contributed by atoms with Crippen molar-refractivity contribution < 1.29 is 4.79 Å². The molecule has 3 heterocycles. The number of aryl methyl sites for hydroxylation is 1. The van der Waals surface area contributed by atoms with E-state index in [0.717, 1.165) is 29.6 Å². The zero-order valence-corrected chi connectivity index (χ0v) is 15.2. The molecule has 1 atom stereocenters. The second-order valence-corrected chi connectivity index (χ2v) is 7.54. The lowest BCUT2D eigenvalue weighted by Crippen LogP contribution is -2.42. The molecule has 3 rings (SSSR count). The molecule has 0 bridgehead atoms. The number of pyridine rings is 1. The van der Waals surface area contributed by atoms with Gasteiger partial charge in [0.25, 0.3) is 0 Å². The monoisotopic (exact) mass is 345 g/mol. The Morgan fingerprint density at radius 1 is 1.38 bits per heavy atom. The van der Waals surface area contributed by atoms with Crippen molar-refractivity contribution in [3.8, 4) is 0 Å². The number of carbonyl (C=O) groups excluding carboxylic acids is 1. The second kappa shape index (κ2) is 7.34. The zero-order chi connectivity index (χ0) is 17.1. The minimum absolute atomic E-state index is 0.131. The minimum atomic E-state index is 0.131. The van der Waals surface area contributed by atoms with Crippen molar-refractivity contribution in [2.24, 2.45) is 5.92 Å². The first-order valence-electron chi connectivity index (χ1n) is 8.26. The van der Waals surface area contributed by atoms with Gasteiger partial charge in [-0.3, -0.25) is 4.79 Å². The summed E-state index contributed by atoms with van der Waals surface area (Å²) in [5.74, 6) is 2.92. The third-order valence-electron chi connectivity index (χ3n) is 4.14. The number of hydrogen-bond donors (Lipinski definition) is 0. The van der Waals surface area contributed by atoms with Gasteiger partial charge in [0.05, 0.1) is 23.4 Å². The molecule has 128 valence electrons. The first-order chi connectivity index (χ1) is 11.5. The van der Waals surface area contributed by atoms with Crippen molar-refractivity contribution in [1.29, 1.82) is 0 Å². The van der Waals surface area contributed by atoms with E-state index < -0.39 is 0 Å². The number of amides is 1. The van der Waals surface area contributed by atoms with E-state index >= 15 is 0 Å². The predicted molar refractivity (Wildman–Crippen MR) is 93.6 cm³/mol. The van der Waals surface area contributed by atoms with Crippen LogP contribution in [0.4, 0.5) is 0 Å². The summed E-state index contributed by atoms with van der Waals surface area (Å²) in [6.07, 6.45) is 2.76. The van der Waals surface area contributed by atoms with Crippen LogP contribution in [0.3, 0.4) is 0 Å². The highest BCUT2D eigenvalue weighted by atomic mass is 32.2. The Morgan fingerprint density at radius 2 is 2.21 bits per heavy atom. The number of rotatable bonds is 5. The molecule has 0 N–H and O–H groups in total. The molecule has 0 spiro atoms. The fraction of sp³-hybridized carbons (Fsp3) is 0.529. The average Bonchev–Trinajstić information content (AvgIpc) is 2.94. The number of aromatic nitrogens is 4. The number of hydrogen-bond acceptors (Lipinski definition) is 5. The molecule has 1 aliphatic rings. The van der Waals surface area contributed by atoms with Crippen molar-refractivity contribution in [2.75, 3.05) is 12.3 Å². The molecular weight excluding hydrogens is 322 g/mol. The SMILES string of the molecule is Cc1nnc2n1[C@@H](CC(C)C)CN(C(=O)CSc1ccccn1)C2. The van der Waals surface area contributed by atoms with E-state index in [-0.39, 0.29) is 11.9 Å². The standard InChI is InChI=1S/C17H23N5OS/c1-12(2)8-14-9-21(10-15-20-19-13(3)22(14)15)17(23)11-24-16-6-4-5-7-18-16/h4-7,12,14H,8-11H2,1-3H3/t14-/m0/s1. The van der Waals surface area contributed by atoms with E-state index in [1.807, 2.05) is 30.0 Å². The van der Waals surface area contributed by atoms with Crippen LogP contribution in [-0.4, -0.2) is 42.9 Å². The van der Waals surface area contributed by atoms with Gasteiger partial charge in [0.1, 0.15) is 5.82 Å². The molecule has 1 amide bonds. The molecule has 0 radical (unpaired) electrons. The van der Waals surface area contributed by atoms with E-state index in [1.165, 1.54) is 11.8 Å². The van der Waals surface area contributed by atoms with Crippen LogP contribution in [0.15, 0.2) is 29.4 Å². The Bertz CT molecular complexity index is 700. The molecule has 0 fully saturated rings. The number of fused-ring (bicyclic) bond motifs is 1. The van der Waals surface area contributed by atoms with Gasteiger partial charge in [0.2, 0.25) is 5.91 Å². The summed E-state index contributed by atoms with van der Waals surface area (Å²) in [4.78, 5) is 18.8. The Labute approximate surface area is 146 Å². The molecule has 0 saturated carbocycles. The third kappa shape index (κ3) is 3.77. The minimum Gasteiger partial charge on any atom is -0.332 e. The molecule has 2 aromatic heterocycles. The van der Waals surface area contributed by atoms with Gasteiger partial charge in [-0.15, -0.1) is 10.2 Å². The van der Waals surface area contributed by atoms with E-state index in [1.54, 1.807) is 6.20 Å². The third-order valence-corrected chi connectivity index (χ3v) is 5.07. The van der Waals surface area contributed by atoms with Gasteiger partial charge in [0.15, 0.2) is 5.82 Å². The highest BCUT2D eigenvalue weighted by Gasteiger charge is 2.30. The largest absolute Gasteiger partial charge is 0.332 e. The smallest absolute Gasteiger partial charge is 0.233 e. The number of carbonyl (C=O) groups is 1. The van der Waals surface area contributed by atoms with Crippen molar-refractivity contribution in [1.82, 2.24) is 24.6 Å². The Balaban J connectivity index is 1.69. The van der Waals surface area contributed by atoms with Crippen molar-refractivity contribution in [2.45, 2.75) is 44.8 Å². The topological polar surface area (TPSA) is 63.9 Å². The van der Waals surface area contributed by atoms with Crippen LogP contribution < -0.4 is 0 Å². The number of thioether (sulfide) groups is 1. The first kappa shape index (κ1) is 17.0. The highest BCUT2D eigenvalue weighted by molar-refractivity contribution is 7.99. The predicted octanol–water partition coefficient (Wildman–Crippen LogP) is 2.70. The van der Waals surface area contributed by atoms with Crippen molar-refractivity contribution >= 4 is 17.7 Å². The normalized spacial score (nSPS) is 17.2. The van der Waals surface area contributed by atoms with Gasteiger partial charge in [-0.25, -0.2) is 4.98 Å². The van der Waals surface area contributed by atoms with Gasteiger partial charge in [-0.2, -0.15) is 0 Å². The van der Waals surface area contributed by atoms with Crippen LogP contribution in [0.5, 0.6) is 0 Å². The zero-order valence-electron chi connectivity index (χ0n) is 14.3. The van der Waals surface area contributed by atoms with Gasteiger partial charge >= 0.3 is 0 Å². The van der Waals surface area contributed by atoms with Crippen LogP contribution in [0, 0.1) is 12.8 Å². The Kier molecular flexibility index (Phi) is 5.18. The molecule has 0 unspecified atom stereocenters. The van der Waals surface area contributed by atoms with Crippen LogP contribution >= 0.6 is 11.8 Å². The van der Waals surface area contributed by atoms with Crippen molar-refractivity contribution in [3.05, 3.63) is 36.0 Å². The molecule has 6 nitrogen and oxygen atoms in total. The fourth-order valence-corrected chi connectivity index (χ4v) is 3.90. The number of nitrogens with zero attached hydrogens (tertiary/aromatic N) is 5. The molecule has 24 heavy (non-hydrogen) atoms. The molecular formula is C17H23N5OS. The first-order valence-corrected chi connectivity index (χ1v) is 9.25. The van der Waals surface area contributed by atoms with Gasteiger partial charge in [0, 0.05) is 12.7 Å². The fourth-order valence-electron chi connectivity index (χ4n) is 3.14. The van der Waals surface area contributed by atoms with E-state index in [2.05, 4.69) is 33.6 Å². The van der Waals surface area contributed by atoms with E-state index in [0.29, 0.717) is 18.2 Å². The maximum Gasteiger partial charge on any atom is 0.233 e. The lowest BCUT2D eigenvalue weighted by molar-refractivity contribution is -0.130. The molecule has 0 saturated heterocycles. The highest BCUT2D eigenvalue weighted by Crippen LogP contribution is 2.27. The molecule has 1 aliphatic heterocycles. The molecule has 7 heteroatoms. The van der Waals surface area contributed by atoms with Crippen LogP contribution in [0.25, 0.3) is 0 Å². The summed E-state index contributed by atoms with van der Waals surface area (Å²) < 4.78 is 2.20. The van der Waals surface area contributed by atoms with Gasteiger partial charge in [-0.1, -0.05) is 31.7 Å². The second-order valence-electron chi connectivity index (χ2n) is 6.55. The summed E-state index contributed by atoms with van der Waals surface area (Å²) >= 11 is 1.48. The lowest BCUT2D eigenvalue weighted by Gasteiger charge is -2.35. The van der Waals surface area contributed by atoms with Crippen LogP contribution in [-0.2, 0) is 11.3 Å². The summed E-state index contributed by atoms with van der Waals surface area (Å²) in [7, 11) is 0.